The highest BCUT2D eigenvalue weighted by atomic mass is 35.5. The van der Waals surface area contributed by atoms with E-state index in [1.54, 1.807) is 0 Å². The van der Waals surface area contributed by atoms with Crippen molar-refractivity contribution in [1.82, 2.24) is 5.32 Å². The van der Waals surface area contributed by atoms with Gasteiger partial charge in [0.05, 0.1) is 17.0 Å². The number of nitrogens with one attached hydrogen (secondary N) is 1. The van der Waals surface area contributed by atoms with Gasteiger partial charge in [0.25, 0.3) is 0 Å². The average Bonchev–Trinajstić information content (AvgIpc) is 2.60. The third kappa shape index (κ3) is 6.52. The Labute approximate surface area is 164 Å². The molecule has 2 aromatic rings. The maximum absolute atomic E-state index is 13.3. The number of anilines is 1. The average molecular weight is 413 g/mol. The van der Waals surface area contributed by atoms with Crippen LogP contribution in [0.4, 0.5) is 10.1 Å². The van der Waals surface area contributed by atoms with E-state index in [4.69, 9.17) is 11.6 Å². The standard InChI is InChI=1S/C19H22ClFN2O3S/c1-14(8-9-15-6-4-3-5-7-15)22-19(24)13-23(27(2,25)26)16-10-11-18(21)17(20)12-16/h3-7,10-12,14H,8-9,13H2,1-2H3,(H,22,24)/t14-/m1/s1. The second kappa shape index (κ2) is 9.19. The van der Waals surface area contributed by atoms with Crippen LogP contribution in [-0.4, -0.2) is 33.2 Å². The van der Waals surface area contributed by atoms with Gasteiger partial charge in [-0.15, -0.1) is 0 Å². The van der Waals surface area contributed by atoms with E-state index in [1.807, 2.05) is 37.3 Å². The van der Waals surface area contributed by atoms with E-state index in [0.29, 0.717) is 0 Å². The van der Waals surface area contributed by atoms with Crippen LogP contribution in [0.15, 0.2) is 48.5 Å². The summed E-state index contributed by atoms with van der Waals surface area (Å²) in [4.78, 5) is 12.3. The van der Waals surface area contributed by atoms with Gasteiger partial charge in [-0.1, -0.05) is 41.9 Å². The first kappa shape index (κ1) is 21.2. The summed E-state index contributed by atoms with van der Waals surface area (Å²) in [6.45, 7) is 1.46. The quantitative estimate of drug-likeness (QED) is 0.722. The van der Waals surface area contributed by atoms with Crippen LogP contribution in [0.3, 0.4) is 0 Å². The number of rotatable bonds is 8. The van der Waals surface area contributed by atoms with E-state index in [2.05, 4.69) is 5.32 Å². The first-order valence-corrected chi connectivity index (χ1v) is 10.7. The highest BCUT2D eigenvalue weighted by Crippen LogP contribution is 2.24. The van der Waals surface area contributed by atoms with Crippen molar-refractivity contribution in [3.05, 3.63) is 64.9 Å². The predicted molar refractivity (Wildman–Crippen MR) is 106 cm³/mol. The first-order valence-electron chi connectivity index (χ1n) is 8.43. The summed E-state index contributed by atoms with van der Waals surface area (Å²) < 4.78 is 38.4. The van der Waals surface area contributed by atoms with Crippen molar-refractivity contribution >= 4 is 33.2 Å². The molecule has 0 fully saturated rings. The van der Waals surface area contributed by atoms with Gasteiger partial charge in [-0.2, -0.15) is 0 Å². The fourth-order valence-electron chi connectivity index (χ4n) is 2.59. The van der Waals surface area contributed by atoms with Gasteiger partial charge in [-0.05, 0) is 43.5 Å². The summed E-state index contributed by atoms with van der Waals surface area (Å²) in [7, 11) is -3.74. The molecule has 27 heavy (non-hydrogen) atoms. The SMILES string of the molecule is C[C@H](CCc1ccccc1)NC(=O)CN(c1ccc(F)c(Cl)c1)S(C)(=O)=O. The third-order valence-electron chi connectivity index (χ3n) is 3.99. The number of sulfonamides is 1. The van der Waals surface area contributed by atoms with E-state index >= 15 is 0 Å². The molecule has 1 amide bonds. The van der Waals surface area contributed by atoms with Gasteiger partial charge < -0.3 is 5.32 Å². The summed E-state index contributed by atoms with van der Waals surface area (Å²) in [5.74, 6) is -1.10. The van der Waals surface area contributed by atoms with Gasteiger partial charge in [0.2, 0.25) is 15.9 Å². The molecule has 0 spiro atoms. The van der Waals surface area contributed by atoms with Crippen LogP contribution in [0.25, 0.3) is 0 Å². The van der Waals surface area contributed by atoms with Crippen LogP contribution in [0.1, 0.15) is 18.9 Å². The van der Waals surface area contributed by atoms with Gasteiger partial charge in [-0.3, -0.25) is 9.10 Å². The van der Waals surface area contributed by atoms with E-state index in [9.17, 15) is 17.6 Å². The zero-order chi connectivity index (χ0) is 20.0. The minimum Gasteiger partial charge on any atom is -0.352 e. The monoisotopic (exact) mass is 412 g/mol. The Morgan fingerprint density at radius 2 is 1.89 bits per heavy atom. The Bertz CT molecular complexity index is 891. The maximum Gasteiger partial charge on any atom is 0.240 e. The van der Waals surface area contributed by atoms with Crippen LogP contribution < -0.4 is 9.62 Å². The summed E-state index contributed by atoms with van der Waals surface area (Å²) in [6.07, 6.45) is 2.50. The molecule has 0 saturated heterocycles. The van der Waals surface area contributed by atoms with Gasteiger partial charge in [0, 0.05) is 6.04 Å². The van der Waals surface area contributed by atoms with Crippen molar-refractivity contribution in [3.63, 3.8) is 0 Å². The summed E-state index contributed by atoms with van der Waals surface area (Å²) >= 11 is 5.73. The zero-order valence-electron chi connectivity index (χ0n) is 15.2. The van der Waals surface area contributed by atoms with Crippen molar-refractivity contribution in [2.24, 2.45) is 0 Å². The molecule has 0 heterocycles. The summed E-state index contributed by atoms with van der Waals surface area (Å²) in [6, 6.07) is 13.3. The van der Waals surface area contributed by atoms with Gasteiger partial charge in [0.15, 0.2) is 0 Å². The van der Waals surface area contributed by atoms with Crippen molar-refractivity contribution in [2.75, 3.05) is 17.1 Å². The zero-order valence-corrected chi connectivity index (χ0v) is 16.7. The van der Waals surface area contributed by atoms with E-state index in [1.165, 1.54) is 12.1 Å². The van der Waals surface area contributed by atoms with Crippen molar-refractivity contribution in [3.8, 4) is 0 Å². The lowest BCUT2D eigenvalue weighted by Crippen LogP contribution is -2.43. The fraction of sp³-hybridized carbons (Fsp3) is 0.316. The van der Waals surface area contributed by atoms with E-state index in [-0.39, 0.29) is 16.8 Å². The Hall–Kier alpha value is -2.12. The van der Waals surface area contributed by atoms with Crippen molar-refractivity contribution < 1.29 is 17.6 Å². The predicted octanol–water partition coefficient (Wildman–Crippen LogP) is 3.38. The molecular weight excluding hydrogens is 391 g/mol. The minimum atomic E-state index is -3.74. The molecule has 1 atom stereocenters. The van der Waals surface area contributed by atoms with Crippen molar-refractivity contribution in [2.45, 2.75) is 25.8 Å². The number of hydrogen-bond acceptors (Lipinski definition) is 3. The number of hydrogen-bond donors (Lipinski definition) is 1. The number of benzene rings is 2. The molecule has 5 nitrogen and oxygen atoms in total. The Morgan fingerprint density at radius 3 is 2.48 bits per heavy atom. The van der Waals surface area contributed by atoms with Crippen LogP contribution >= 0.6 is 11.6 Å². The number of carbonyl (C=O) groups is 1. The lowest BCUT2D eigenvalue weighted by atomic mass is 10.1. The molecule has 2 aromatic carbocycles. The van der Waals surface area contributed by atoms with Crippen LogP contribution in [0.5, 0.6) is 0 Å². The highest BCUT2D eigenvalue weighted by Gasteiger charge is 2.22. The second-order valence-electron chi connectivity index (χ2n) is 6.36. The molecule has 0 unspecified atom stereocenters. The highest BCUT2D eigenvalue weighted by molar-refractivity contribution is 7.92. The molecule has 2 rings (SSSR count). The Balaban J connectivity index is 2.00. The van der Waals surface area contributed by atoms with Crippen LogP contribution in [0, 0.1) is 5.82 Å². The summed E-state index contributed by atoms with van der Waals surface area (Å²) in [5, 5.41) is 2.59. The lowest BCUT2D eigenvalue weighted by molar-refractivity contribution is -0.120. The third-order valence-corrected chi connectivity index (χ3v) is 5.43. The van der Waals surface area contributed by atoms with Gasteiger partial charge in [0.1, 0.15) is 12.4 Å². The van der Waals surface area contributed by atoms with E-state index in [0.717, 1.165) is 35.0 Å². The molecule has 0 bridgehead atoms. The first-order chi connectivity index (χ1) is 12.7. The largest absolute Gasteiger partial charge is 0.352 e. The Kier molecular flexibility index (Phi) is 7.21. The molecule has 0 radical (unpaired) electrons. The molecule has 8 heteroatoms. The molecule has 1 N–H and O–H groups in total. The van der Waals surface area contributed by atoms with E-state index < -0.39 is 28.3 Å². The smallest absolute Gasteiger partial charge is 0.240 e. The molecule has 0 aliphatic heterocycles. The summed E-state index contributed by atoms with van der Waals surface area (Å²) in [5.41, 5.74) is 1.30. The number of halogens is 2. The van der Waals surface area contributed by atoms with Gasteiger partial charge >= 0.3 is 0 Å². The molecule has 0 aromatic heterocycles. The second-order valence-corrected chi connectivity index (χ2v) is 8.67. The Morgan fingerprint density at radius 1 is 1.22 bits per heavy atom. The molecule has 0 saturated carbocycles. The number of amides is 1. The fourth-order valence-corrected chi connectivity index (χ4v) is 3.61. The molecular formula is C19H22ClFN2O3S. The number of nitrogens with zero attached hydrogens (tertiary/aromatic N) is 1. The molecule has 146 valence electrons. The van der Waals surface area contributed by atoms with Crippen LogP contribution in [-0.2, 0) is 21.2 Å². The minimum absolute atomic E-state index is 0.129. The van der Waals surface area contributed by atoms with Crippen LogP contribution in [0.2, 0.25) is 5.02 Å². The lowest BCUT2D eigenvalue weighted by Gasteiger charge is -2.23. The topological polar surface area (TPSA) is 66.5 Å². The van der Waals surface area contributed by atoms with Gasteiger partial charge in [-0.25, -0.2) is 12.8 Å². The maximum atomic E-state index is 13.3. The number of aryl methyl sites for hydroxylation is 1. The number of carbonyl (C=O) groups excluding carboxylic acids is 1. The molecule has 0 aliphatic carbocycles. The normalized spacial score (nSPS) is 12.4. The van der Waals surface area contributed by atoms with Crippen molar-refractivity contribution in [1.29, 1.82) is 0 Å². The molecule has 0 aliphatic rings.